The minimum atomic E-state index is 0.564. The molecule has 0 atom stereocenters. The molecule has 5 nitrogen and oxygen atoms in total. The molecule has 0 radical (unpaired) electrons. The van der Waals surface area contributed by atoms with Crippen LogP contribution in [0, 0.1) is 0 Å². The van der Waals surface area contributed by atoms with Gasteiger partial charge in [0.15, 0.2) is 0 Å². The van der Waals surface area contributed by atoms with Gasteiger partial charge in [-0.1, -0.05) is 0 Å². The van der Waals surface area contributed by atoms with Gasteiger partial charge in [-0.3, -0.25) is 0 Å². The van der Waals surface area contributed by atoms with Crippen LogP contribution in [0.4, 0.5) is 5.69 Å². The highest BCUT2D eigenvalue weighted by Crippen LogP contribution is 1.98. The van der Waals surface area contributed by atoms with E-state index in [-0.39, 0.29) is 0 Å². The zero-order chi connectivity index (χ0) is 6.97. The molecule has 0 bridgehead atoms. The Morgan fingerprint density at radius 1 is 1.40 bits per heavy atom. The molecule has 50 valence electrons. The molecule has 0 aliphatic carbocycles. The molecule has 0 aromatic carbocycles. The molecule has 2 N–H and O–H groups in total. The first-order chi connectivity index (χ1) is 4.86. The first-order valence-corrected chi connectivity index (χ1v) is 2.77. The molecule has 0 unspecified atom stereocenters. The second-order valence-electron chi connectivity index (χ2n) is 1.89. The smallest absolute Gasteiger partial charge is 0.252 e. The number of hydrogen-bond acceptors (Lipinski definition) is 4. The van der Waals surface area contributed by atoms with Crippen LogP contribution in [0.15, 0.2) is 18.7 Å². The van der Waals surface area contributed by atoms with Gasteiger partial charge < -0.3 is 5.73 Å². The van der Waals surface area contributed by atoms with E-state index in [1.54, 1.807) is 12.4 Å². The quantitative estimate of drug-likeness (QED) is 0.538. The molecule has 0 saturated carbocycles. The van der Waals surface area contributed by atoms with Crippen LogP contribution in [0.2, 0.25) is 0 Å². The van der Waals surface area contributed by atoms with E-state index in [9.17, 15) is 0 Å². The molecule has 0 spiro atoms. The lowest BCUT2D eigenvalue weighted by atomic mass is 10.6. The third-order valence-corrected chi connectivity index (χ3v) is 1.15. The lowest BCUT2D eigenvalue weighted by Crippen LogP contribution is -1.93. The van der Waals surface area contributed by atoms with Gasteiger partial charge in [0.25, 0.3) is 5.78 Å². The Morgan fingerprint density at radius 2 is 2.30 bits per heavy atom. The molecular weight excluding hydrogens is 130 g/mol. The van der Waals surface area contributed by atoms with Gasteiger partial charge in [-0.05, 0) is 0 Å². The number of anilines is 1. The summed E-state index contributed by atoms with van der Waals surface area (Å²) in [7, 11) is 0. The summed E-state index contributed by atoms with van der Waals surface area (Å²) < 4.78 is 1.52. The van der Waals surface area contributed by atoms with Crippen LogP contribution in [-0.2, 0) is 0 Å². The van der Waals surface area contributed by atoms with Crippen LogP contribution < -0.4 is 5.73 Å². The third-order valence-electron chi connectivity index (χ3n) is 1.15. The molecule has 2 heterocycles. The standard InChI is InChI=1S/C5H5N5/c6-4-1-7-5-8-3-9-10(5)2-4/h1-3H,6H2. The van der Waals surface area contributed by atoms with Gasteiger partial charge >= 0.3 is 0 Å². The van der Waals surface area contributed by atoms with Gasteiger partial charge in [0.2, 0.25) is 0 Å². The van der Waals surface area contributed by atoms with Crippen LogP contribution in [-0.4, -0.2) is 19.6 Å². The largest absolute Gasteiger partial charge is 0.396 e. The SMILES string of the molecule is Nc1cnc2ncnn2c1. The van der Waals surface area contributed by atoms with Crippen molar-refractivity contribution in [2.45, 2.75) is 0 Å². The fourth-order valence-electron chi connectivity index (χ4n) is 0.734. The Morgan fingerprint density at radius 3 is 3.20 bits per heavy atom. The van der Waals surface area contributed by atoms with Gasteiger partial charge in [-0.2, -0.15) is 10.1 Å². The zero-order valence-electron chi connectivity index (χ0n) is 5.10. The van der Waals surface area contributed by atoms with E-state index in [0.29, 0.717) is 11.5 Å². The Kier molecular flexibility index (Phi) is 0.858. The summed E-state index contributed by atoms with van der Waals surface area (Å²) in [6.07, 6.45) is 4.64. The van der Waals surface area contributed by atoms with Crippen molar-refractivity contribution < 1.29 is 0 Å². The van der Waals surface area contributed by atoms with E-state index < -0.39 is 0 Å². The minimum Gasteiger partial charge on any atom is -0.396 e. The maximum Gasteiger partial charge on any atom is 0.252 e. The molecule has 2 rings (SSSR count). The van der Waals surface area contributed by atoms with E-state index in [1.807, 2.05) is 0 Å². The van der Waals surface area contributed by atoms with Crippen LogP contribution in [0.1, 0.15) is 0 Å². The van der Waals surface area contributed by atoms with Crippen LogP contribution in [0.3, 0.4) is 0 Å². The van der Waals surface area contributed by atoms with Crippen molar-refractivity contribution in [2.24, 2.45) is 0 Å². The van der Waals surface area contributed by atoms with E-state index in [2.05, 4.69) is 15.1 Å². The number of nitrogen functional groups attached to an aromatic ring is 1. The number of hydrogen-bond donors (Lipinski definition) is 1. The molecule has 0 amide bonds. The predicted molar refractivity (Wildman–Crippen MR) is 35.2 cm³/mol. The summed E-state index contributed by atoms with van der Waals surface area (Å²) in [5.41, 5.74) is 6.01. The Hall–Kier alpha value is -1.65. The number of aromatic nitrogens is 4. The van der Waals surface area contributed by atoms with Crippen LogP contribution in [0.25, 0.3) is 5.78 Å². The first kappa shape index (κ1) is 5.16. The van der Waals surface area contributed by atoms with E-state index in [0.717, 1.165) is 0 Å². The summed E-state index contributed by atoms with van der Waals surface area (Å²) in [6, 6.07) is 0. The van der Waals surface area contributed by atoms with Crippen molar-refractivity contribution >= 4 is 11.5 Å². The zero-order valence-corrected chi connectivity index (χ0v) is 5.10. The van der Waals surface area contributed by atoms with Crippen molar-refractivity contribution in [3.8, 4) is 0 Å². The molecule has 0 aliphatic heterocycles. The number of fused-ring (bicyclic) bond motifs is 1. The average molecular weight is 135 g/mol. The van der Waals surface area contributed by atoms with Crippen molar-refractivity contribution in [1.82, 2.24) is 19.6 Å². The molecule has 10 heavy (non-hydrogen) atoms. The summed E-state index contributed by atoms with van der Waals surface area (Å²) in [5, 5.41) is 3.84. The Bertz CT molecular complexity index is 352. The van der Waals surface area contributed by atoms with E-state index >= 15 is 0 Å². The molecule has 0 fully saturated rings. The maximum absolute atomic E-state index is 5.43. The summed E-state index contributed by atoms with van der Waals surface area (Å²) in [5.74, 6) is 0.564. The highest BCUT2D eigenvalue weighted by molar-refractivity contribution is 5.37. The van der Waals surface area contributed by atoms with Gasteiger partial charge in [0, 0.05) is 0 Å². The monoisotopic (exact) mass is 135 g/mol. The summed E-state index contributed by atoms with van der Waals surface area (Å²) in [6.45, 7) is 0. The first-order valence-electron chi connectivity index (χ1n) is 2.77. The van der Waals surface area contributed by atoms with Gasteiger partial charge in [0.1, 0.15) is 6.33 Å². The fraction of sp³-hybridized carbons (Fsp3) is 0. The molecule has 2 aromatic heterocycles. The number of rotatable bonds is 0. The second-order valence-corrected chi connectivity index (χ2v) is 1.89. The van der Waals surface area contributed by atoms with Crippen LogP contribution >= 0.6 is 0 Å². The van der Waals surface area contributed by atoms with Crippen molar-refractivity contribution in [1.29, 1.82) is 0 Å². The van der Waals surface area contributed by atoms with Crippen molar-refractivity contribution in [3.63, 3.8) is 0 Å². The molecule has 2 aromatic rings. The Balaban J connectivity index is 2.86. The number of nitrogens with two attached hydrogens (primary N) is 1. The summed E-state index contributed by atoms with van der Waals surface area (Å²) in [4.78, 5) is 7.75. The maximum atomic E-state index is 5.43. The Labute approximate surface area is 56.5 Å². The van der Waals surface area contributed by atoms with Gasteiger partial charge in [-0.15, -0.1) is 0 Å². The fourth-order valence-corrected chi connectivity index (χ4v) is 0.734. The second kappa shape index (κ2) is 1.66. The van der Waals surface area contributed by atoms with Crippen molar-refractivity contribution in [2.75, 3.05) is 5.73 Å². The lowest BCUT2D eigenvalue weighted by Gasteiger charge is -1.90. The average Bonchev–Trinajstić information content (AvgIpc) is 2.33. The van der Waals surface area contributed by atoms with Gasteiger partial charge in [-0.25, -0.2) is 9.50 Å². The topological polar surface area (TPSA) is 69.1 Å². The lowest BCUT2D eigenvalue weighted by molar-refractivity contribution is 0.942. The minimum absolute atomic E-state index is 0.564. The van der Waals surface area contributed by atoms with Gasteiger partial charge in [0.05, 0.1) is 18.1 Å². The molecular formula is C5H5N5. The highest BCUT2D eigenvalue weighted by Gasteiger charge is 1.93. The molecule has 0 aliphatic rings. The van der Waals surface area contributed by atoms with E-state index in [1.165, 1.54) is 10.8 Å². The van der Waals surface area contributed by atoms with E-state index in [4.69, 9.17) is 5.73 Å². The predicted octanol–water partition coefficient (Wildman–Crippen LogP) is -0.294. The van der Waals surface area contributed by atoms with Crippen LogP contribution in [0.5, 0.6) is 0 Å². The number of nitrogens with zero attached hydrogens (tertiary/aromatic N) is 4. The molecule has 0 saturated heterocycles. The molecule has 5 heteroatoms. The highest BCUT2D eigenvalue weighted by atomic mass is 15.3. The normalized spacial score (nSPS) is 10.4. The third kappa shape index (κ3) is 0.604. The van der Waals surface area contributed by atoms with Crippen molar-refractivity contribution in [3.05, 3.63) is 18.7 Å². The summed E-state index contributed by atoms with van der Waals surface area (Å²) >= 11 is 0.